The Morgan fingerprint density at radius 3 is 2.55 bits per heavy atom. The smallest absolute Gasteiger partial charge is 0.146 e. The topological polar surface area (TPSA) is 9.23 Å². The van der Waals surface area contributed by atoms with Gasteiger partial charge in [-0.2, -0.15) is 0 Å². The third-order valence-electron chi connectivity index (χ3n) is 3.08. The van der Waals surface area contributed by atoms with Crippen LogP contribution in [0.2, 0.25) is 5.02 Å². The van der Waals surface area contributed by atoms with Gasteiger partial charge >= 0.3 is 0 Å². The SMILES string of the molecule is C=C(C)c1c(C)c(F)cc(Cl)c1OCc1ccccc1. The van der Waals surface area contributed by atoms with E-state index >= 15 is 0 Å². The van der Waals surface area contributed by atoms with E-state index in [9.17, 15) is 4.39 Å². The van der Waals surface area contributed by atoms with Crippen LogP contribution in [-0.2, 0) is 6.61 Å². The molecule has 0 aliphatic carbocycles. The van der Waals surface area contributed by atoms with Crippen molar-refractivity contribution < 1.29 is 9.13 Å². The Bertz CT molecular complexity index is 635. The Kier molecular flexibility index (Phi) is 4.46. The molecule has 0 heterocycles. The summed E-state index contributed by atoms with van der Waals surface area (Å²) in [5.74, 6) is 0.141. The third-order valence-corrected chi connectivity index (χ3v) is 3.36. The first kappa shape index (κ1) is 14.6. The van der Waals surface area contributed by atoms with Crippen LogP contribution >= 0.6 is 11.6 Å². The lowest BCUT2D eigenvalue weighted by Crippen LogP contribution is -2.01. The summed E-state index contributed by atoms with van der Waals surface area (Å²) in [7, 11) is 0. The molecule has 0 aliphatic heterocycles. The van der Waals surface area contributed by atoms with Gasteiger partial charge in [-0.25, -0.2) is 4.39 Å². The van der Waals surface area contributed by atoms with Gasteiger partial charge in [0.1, 0.15) is 18.2 Å². The number of hydrogen-bond donors (Lipinski definition) is 0. The van der Waals surface area contributed by atoms with Crippen LogP contribution in [0.3, 0.4) is 0 Å². The summed E-state index contributed by atoms with van der Waals surface area (Å²) in [6, 6.07) is 11.0. The predicted molar refractivity (Wildman–Crippen MR) is 81.6 cm³/mol. The highest BCUT2D eigenvalue weighted by Gasteiger charge is 2.16. The average Bonchev–Trinajstić information content (AvgIpc) is 2.42. The van der Waals surface area contributed by atoms with Crippen molar-refractivity contribution in [3.8, 4) is 5.75 Å². The van der Waals surface area contributed by atoms with Gasteiger partial charge in [0, 0.05) is 5.56 Å². The van der Waals surface area contributed by atoms with Gasteiger partial charge in [-0.3, -0.25) is 0 Å². The molecule has 0 amide bonds. The molecule has 1 nitrogen and oxygen atoms in total. The molecule has 20 heavy (non-hydrogen) atoms. The van der Waals surface area contributed by atoms with Crippen LogP contribution in [0, 0.1) is 12.7 Å². The maximum Gasteiger partial charge on any atom is 0.146 e. The first-order chi connectivity index (χ1) is 9.50. The second kappa shape index (κ2) is 6.10. The summed E-state index contributed by atoms with van der Waals surface area (Å²) in [6.45, 7) is 7.77. The highest BCUT2D eigenvalue weighted by atomic mass is 35.5. The van der Waals surface area contributed by atoms with Crippen molar-refractivity contribution in [2.75, 3.05) is 0 Å². The van der Waals surface area contributed by atoms with Crippen molar-refractivity contribution in [1.82, 2.24) is 0 Å². The first-order valence-corrected chi connectivity index (χ1v) is 6.69. The van der Waals surface area contributed by atoms with Crippen molar-refractivity contribution in [2.24, 2.45) is 0 Å². The van der Waals surface area contributed by atoms with Gasteiger partial charge in [-0.15, -0.1) is 0 Å². The van der Waals surface area contributed by atoms with Crippen LogP contribution in [-0.4, -0.2) is 0 Å². The van der Waals surface area contributed by atoms with Crippen molar-refractivity contribution in [3.63, 3.8) is 0 Å². The van der Waals surface area contributed by atoms with Crippen molar-refractivity contribution >= 4 is 17.2 Å². The fraction of sp³-hybridized carbons (Fsp3) is 0.176. The number of halogens is 2. The van der Waals surface area contributed by atoms with E-state index in [-0.39, 0.29) is 10.8 Å². The van der Waals surface area contributed by atoms with Gasteiger partial charge < -0.3 is 4.74 Å². The standard InChI is InChI=1S/C17H16ClFO/c1-11(2)16-12(3)15(19)9-14(18)17(16)20-10-13-7-5-4-6-8-13/h4-9H,1,10H2,2-3H3. The fourth-order valence-corrected chi connectivity index (χ4v) is 2.32. The normalized spacial score (nSPS) is 10.4. The highest BCUT2D eigenvalue weighted by molar-refractivity contribution is 6.32. The monoisotopic (exact) mass is 290 g/mol. The first-order valence-electron chi connectivity index (χ1n) is 6.32. The minimum absolute atomic E-state index is 0.266. The molecular formula is C17H16ClFO. The zero-order chi connectivity index (χ0) is 14.7. The van der Waals surface area contributed by atoms with Gasteiger partial charge in [0.15, 0.2) is 0 Å². The Hall–Kier alpha value is -1.80. The molecule has 0 saturated carbocycles. The molecule has 104 valence electrons. The molecule has 0 spiro atoms. The summed E-state index contributed by atoms with van der Waals surface area (Å²) in [6.07, 6.45) is 0. The van der Waals surface area contributed by atoms with Crippen LogP contribution in [0.4, 0.5) is 4.39 Å². The van der Waals surface area contributed by atoms with E-state index in [4.69, 9.17) is 16.3 Å². The molecule has 3 heteroatoms. The lowest BCUT2D eigenvalue weighted by Gasteiger charge is -2.16. The minimum Gasteiger partial charge on any atom is -0.487 e. The lowest BCUT2D eigenvalue weighted by molar-refractivity contribution is 0.305. The van der Waals surface area contributed by atoms with E-state index in [1.54, 1.807) is 6.92 Å². The second-order valence-corrected chi connectivity index (χ2v) is 5.13. The van der Waals surface area contributed by atoms with Crippen molar-refractivity contribution in [3.05, 3.63) is 70.5 Å². The van der Waals surface area contributed by atoms with Crippen LogP contribution in [0.1, 0.15) is 23.6 Å². The predicted octanol–water partition coefficient (Wildman–Crippen LogP) is 5.40. The molecule has 0 unspecified atom stereocenters. The molecule has 0 N–H and O–H groups in total. The maximum atomic E-state index is 13.8. The Morgan fingerprint density at radius 2 is 1.95 bits per heavy atom. The van der Waals surface area contributed by atoms with E-state index < -0.39 is 0 Å². The summed E-state index contributed by atoms with van der Waals surface area (Å²) in [5, 5.41) is 0.266. The Morgan fingerprint density at radius 1 is 1.30 bits per heavy atom. The highest BCUT2D eigenvalue weighted by Crippen LogP contribution is 2.37. The molecule has 0 saturated heterocycles. The van der Waals surface area contributed by atoms with E-state index in [1.807, 2.05) is 37.3 Å². The maximum absolute atomic E-state index is 13.8. The molecule has 0 fully saturated rings. The van der Waals surface area contributed by atoms with Gasteiger partial charge in [0.05, 0.1) is 5.02 Å². The molecule has 0 radical (unpaired) electrons. The number of hydrogen-bond acceptors (Lipinski definition) is 1. The molecular weight excluding hydrogens is 275 g/mol. The Balaban J connectivity index is 2.36. The van der Waals surface area contributed by atoms with E-state index in [2.05, 4.69) is 6.58 Å². The van der Waals surface area contributed by atoms with Crippen LogP contribution in [0.5, 0.6) is 5.75 Å². The van der Waals surface area contributed by atoms with Gasteiger partial charge in [0.25, 0.3) is 0 Å². The number of benzene rings is 2. The largest absolute Gasteiger partial charge is 0.487 e. The average molecular weight is 291 g/mol. The van der Waals surface area contributed by atoms with E-state index in [1.165, 1.54) is 6.07 Å². The fourth-order valence-electron chi connectivity index (χ4n) is 2.08. The summed E-state index contributed by atoms with van der Waals surface area (Å²) in [4.78, 5) is 0. The summed E-state index contributed by atoms with van der Waals surface area (Å²) < 4.78 is 19.6. The minimum atomic E-state index is -0.347. The van der Waals surface area contributed by atoms with E-state index in [0.29, 0.717) is 23.5 Å². The summed E-state index contributed by atoms with van der Waals surface area (Å²) >= 11 is 6.11. The van der Waals surface area contributed by atoms with Gasteiger partial charge in [-0.05, 0) is 36.6 Å². The summed E-state index contributed by atoms with van der Waals surface area (Å²) in [5.41, 5.74) is 2.90. The van der Waals surface area contributed by atoms with Crippen LogP contribution in [0.15, 0.2) is 43.0 Å². The third kappa shape index (κ3) is 3.02. The zero-order valence-corrected chi connectivity index (χ0v) is 12.3. The number of rotatable bonds is 4. The molecule has 2 aromatic rings. The Labute approximate surface area is 123 Å². The van der Waals surface area contributed by atoms with Crippen LogP contribution in [0.25, 0.3) is 5.57 Å². The van der Waals surface area contributed by atoms with Crippen molar-refractivity contribution in [1.29, 1.82) is 0 Å². The quantitative estimate of drug-likeness (QED) is 0.732. The molecule has 0 aliphatic rings. The zero-order valence-electron chi connectivity index (χ0n) is 11.5. The van der Waals surface area contributed by atoms with Crippen LogP contribution < -0.4 is 4.74 Å². The van der Waals surface area contributed by atoms with Gasteiger partial charge in [0.2, 0.25) is 0 Å². The van der Waals surface area contributed by atoms with Crippen molar-refractivity contribution in [2.45, 2.75) is 20.5 Å². The van der Waals surface area contributed by atoms with E-state index in [0.717, 1.165) is 11.1 Å². The molecule has 0 aromatic heterocycles. The van der Waals surface area contributed by atoms with Gasteiger partial charge in [-0.1, -0.05) is 48.5 Å². The molecule has 0 bridgehead atoms. The molecule has 2 aromatic carbocycles. The second-order valence-electron chi connectivity index (χ2n) is 4.72. The lowest BCUT2D eigenvalue weighted by atomic mass is 10.0. The molecule has 0 atom stereocenters. The number of ether oxygens (including phenoxy) is 1. The molecule has 2 rings (SSSR count). The number of allylic oxidation sites excluding steroid dienone is 1.